The zero-order valence-corrected chi connectivity index (χ0v) is 14.0. The third kappa shape index (κ3) is 6.96. The van der Waals surface area contributed by atoms with Gasteiger partial charge in [-0.1, -0.05) is 42.2 Å². The van der Waals surface area contributed by atoms with Gasteiger partial charge in [0.05, 0.1) is 6.54 Å². The molecule has 0 atom stereocenters. The van der Waals surface area contributed by atoms with Gasteiger partial charge in [-0.15, -0.1) is 0 Å². The van der Waals surface area contributed by atoms with Crippen molar-refractivity contribution < 1.29 is 14.8 Å². The van der Waals surface area contributed by atoms with E-state index in [1.165, 1.54) is 6.08 Å². The van der Waals surface area contributed by atoms with Crippen LogP contribution in [0.1, 0.15) is 11.1 Å². The second kappa shape index (κ2) is 9.98. The Morgan fingerprint density at radius 1 is 1.08 bits per heavy atom. The Hall–Kier alpha value is -3.01. The number of hydrogen-bond donors (Lipinski definition) is 3. The van der Waals surface area contributed by atoms with Crippen molar-refractivity contribution in [1.29, 1.82) is 0 Å². The third-order valence-electron chi connectivity index (χ3n) is 2.97. The van der Waals surface area contributed by atoms with E-state index in [1.54, 1.807) is 35.8 Å². The van der Waals surface area contributed by atoms with E-state index in [2.05, 4.69) is 17.2 Å². The summed E-state index contributed by atoms with van der Waals surface area (Å²) in [6.07, 6.45) is 3.21. The van der Waals surface area contributed by atoms with Crippen molar-refractivity contribution in [3.8, 4) is 11.8 Å². The van der Waals surface area contributed by atoms with E-state index in [4.69, 9.17) is 5.21 Å². The maximum absolute atomic E-state index is 11.7. The smallest absolute Gasteiger partial charge is 0.307 e. The molecule has 0 unspecified atom stereocenters. The zero-order valence-electron chi connectivity index (χ0n) is 13.2. The van der Waals surface area contributed by atoms with E-state index in [-0.39, 0.29) is 12.5 Å². The van der Waals surface area contributed by atoms with Crippen molar-refractivity contribution in [3.63, 3.8) is 0 Å². The second-order valence-electron chi connectivity index (χ2n) is 4.79. The summed E-state index contributed by atoms with van der Waals surface area (Å²) in [5, 5.41) is 10.6. The number of amides is 2. The van der Waals surface area contributed by atoms with Crippen LogP contribution < -0.4 is 10.8 Å². The lowest BCUT2D eigenvalue weighted by Crippen LogP contribution is -2.20. The first-order valence-corrected chi connectivity index (χ1v) is 8.21. The molecule has 2 rings (SSSR count). The predicted octanol–water partition coefficient (Wildman–Crippen LogP) is 3.06. The summed E-state index contributed by atoms with van der Waals surface area (Å²) in [7, 11) is 0. The maximum atomic E-state index is 11.7. The molecule has 0 saturated heterocycles. The fraction of sp³-hybridized carbons (Fsp3) is 0.0526. The van der Waals surface area contributed by atoms with E-state index < -0.39 is 5.24 Å². The number of benzene rings is 2. The Morgan fingerprint density at radius 3 is 2.48 bits per heavy atom. The van der Waals surface area contributed by atoms with E-state index in [1.807, 2.05) is 30.3 Å². The molecule has 0 radical (unpaired) electrons. The lowest BCUT2D eigenvalue weighted by atomic mass is 10.2. The lowest BCUT2D eigenvalue weighted by Gasteiger charge is -1.98. The summed E-state index contributed by atoms with van der Waals surface area (Å²) in [4.78, 5) is 23.4. The summed E-state index contributed by atoms with van der Waals surface area (Å²) < 4.78 is 0. The molecule has 0 saturated carbocycles. The van der Waals surface area contributed by atoms with Gasteiger partial charge in [0.1, 0.15) is 0 Å². The molecule has 5 nitrogen and oxygen atoms in total. The Bertz CT molecular complexity index is 806. The van der Waals surface area contributed by atoms with Gasteiger partial charge in [-0.3, -0.25) is 14.8 Å². The minimum absolute atomic E-state index is 0.208. The molecule has 0 aliphatic heterocycles. The zero-order chi connectivity index (χ0) is 17.9. The van der Waals surface area contributed by atoms with Gasteiger partial charge in [0.25, 0.3) is 0 Å². The number of hydrogen-bond acceptors (Lipinski definition) is 4. The van der Waals surface area contributed by atoms with Crippen LogP contribution in [0.15, 0.2) is 65.6 Å². The van der Waals surface area contributed by atoms with Gasteiger partial charge < -0.3 is 5.32 Å². The van der Waals surface area contributed by atoms with Crippen LogP contribution in [0.2, 0.25) is 0 Å². The topological polar surface area (TPSA) is 78.4 Å². The molecule has 2 aromatic carbocycles. The molecule has 6 heteroatoms. The molecule has 0 heterocycles. The summed E-state index contributed by atoms with van der Waals surface area (Å²) >= 11 is 0.875. The van der Waals surface area contributed by atoms with Crippen molar-refractivity contribution in [2.24, 2.45) is 0 Å². The molecule has 0 aliphatic rings. The first-order valence-electron chi connectivity index (χ1n) is 7.39. The van der Waals surface area contributed by atoms with Crippen LogP contribution in [0.25, 0.3) is 6.08 Å². The molecule has 2 aromatic rings. The Kier molecular flexibility index (Phi) is 7.32. The van der Waals surface area contributed by atoms with Crippen LogP contribution in [-0.4, -0.2) is 22.9 Å². The molecule has 0 spiro atoms. The highest BCUT2D eigenvalue weighted by molar-refractivity contribution is 8.13. The molecule has 0 fully saturated rings. The summed E-state index contributed by atoms with van der Waals surface area (Å²) in [5.74, 6) is 5.57. The molecular formula is C19H16N2O3S. The normalized spacial score (nSPS) is 9.96. The minimum atomic E-state index is -0.551. The van der Waals surface area contributed by atoms with Crippen LogP contribution in [0, 0.1) is 11.8 Å². The van der Waals surface area contributed by atoms with Gasteiger partial charge in [-0.05, 0) is 47.7 Å². The van der Waals surface area contributed by atoms with Crippen LogP contribution >= 0.6 is 11.8 Å². The van der Waals surface area contributed by atoms with Crippen molar-refractivity contribution in [1.82, 2.24) is 10.8 Å². The SMILES string of the molecule is O=C(/C=C/c1ccccc1)NCC#Cc1ccc(SC(=O)NO)cc1. The Balaban J connectivity index is 1.79. The van der Waals surface area contributed by atoms with Crippen molar-refractivity contribution in [3.05, 3.63) is 71.8 Å². The highest BCUT2D eigenvalue weighted by atomic mass is 32.2. The monoisotopic (exact) mass is 352 g/mol. The van der Waals surface area contributed by atoms with Gasteiger partial charge in [0.2, 0.25) is 5.91 Å². The third-order valence-corrected chi connectivity index (χ3v) is 3.75. The Morgan fingerprint density at radius 2 is 1.80 bits per heavy atom. The quantitative estimate of drug-likeness (QED) is 0.260. The highest BCUT2D eigenvalue weighted by Crippen LogP contribution is 2.18. The largest absolute Gasteiger partial charge is 0.342 e. The van der Waals surface area contributed by atoms with E-state index in [9.17, 15) is 9.59 Å². The van der Waals surface area contributed by atoms with Crippen molar-refractivity contribution >= 4 is 29.0 Å². The number of carbonyl (C=O) groups is 2. The van der Waals surface area contributed by atoms with Crippen molar-refractivity contribution in [2.75, 3.05) is 6.54 Å². The number of rotatable bonds is 4. The maximum Gasteiger partial charge on any atom is 0.307 e. The van der Waals surface area contributed by atoms with Crippen LogP contribution in [0.4, 0.5) is 4.79 Å². The van der Waals surface area contributed by atoms with Gasteiger partial charge >= 0.3 is 5.24 Å². The first-order chi connectivity index (χ1) is 12.2. The van der Waals surface area contributed by atoms with Gasteiger partial charge in [-0.2, -0.15) is 0 Å². The van der Waals surface area contributed by atoms with E-state index >= 15 is 0 Å². The van der Waals surface area contributed by atoms with Gasteiger partial charge in [0, 0.05) is 16.5 Å². The van der Waals surface area contributed by atoms with Gasteiger partial charge in [-0.25, -0.2) is 5.48 Å². The highest BCUT2D eigenvalue weighted by Gasteiger charge is 2.01. The van der Waals surface area contributed by atoms with Crippen LogP contribution in [-0.2, 0) is 4.79 Å². The number of nitrogens with one attached hydrogen (secondary N) is 2. The fourth-order valence-corrected chi connectivity index (χ4v) is 2.34. The van der Waals surface area contributed by atoms with Crippen LogP contribution in [0.3, 0.4) is 0 Å². The molecule has 0 bridgehead atoms. The fourth-order valence-electron chi connectivity index (χ4n) is 1.81. The average molecular weight is 352 g/mol. The van der Waals surface area contributed by atoms with E-state index in [0.717, 1.165) is 22.9 Å². The number of hydroxylamine groups is 1. The molecule has 0 aromatic heterocycles. The van der Waals surface area contributed by atoms with Gasteiger partial charge in [0.15, 0.2) is 0 Å². The lowest BCUT2D eigenvalue weighted by molar-refractivity contribution is -0.116. The second-order valence-corrected chi connectivity index (χ2v) is 5.84. The summed E-state index contributed by atoms with van der Waals surface area (Å²) in [5.41, 5.74) is 3.27. The molecule has 2 amide bonds. The molecule has 126 valence electrons. The summed E-state index contributed by atoms with van der Waals surface area (Å²) in [6, 6.07) is 16.5. The summed E-state index contributed by atoms with van der Waals surface area (Å²) in [6.45, 7) is 0.237. The number of carbonyl (C=O) groups excluding carboxylic acids is 2. The predicted molar refractivity (Wildman–Crippen MR) is 98.0 cm³/mol. The Labute approximate surface area is 150 Å². The molecule has 25 heavy (non-hydrogen) atoms. The van der Waals surface area contributed by atoms with Crippen LogP contribution in [0.5, 0.6) is 0 Å². The van der Waals surface area contributed by atoms with Crippen molar-refractivity contribution in [2.45, 2.75) is 4.90 Å². The molecule has 0 aliphatic carbocycles. The van der Waals surface area contributed by atoms with E-state index in [0.29, 0.717) is 4.90 Å². The average Bonchev–Trinajstić information content (AvgIpc) is 2.65. The standard InChI is InChI=1S/C19H16N2O3S/c22-18(13-10-15-5-2-1-3-6-15)20-14-4-7-16-8-11-17(12-9-16)25-19(23)21-24/h1-3,5-6,8-13,24H,14H2,(H,20,22)(H,21,23)/b13-10+. The first kappa shape index (κ1) is 18.3. The minimum Gasteiger partial charge on any atom is -0.342 e. The number of thioether (sulfide) groups is 1. The molecule has 3 N–H and O–H groups in total. The molecular weight excluding hydrogens is 336 g/mol.